The summed E-state index contributed by atoms with van der Waals surface area (Å²) in [6.45, 7) is 14.8. The summed E-state index contributed by atoms with van der Waals surface area (Å²) in [6.07, 6.45) is 1.90. The van der Waals surface area contributed by atoms with Crippen LogP contribution in [-0.4, -0.2) is 30.7 Å². The molecular weight excluding hydrogens is 348 g/mol. The molecule has 0 saturated heterocycles. The number of urea groups is 1. The van der Waals surface area contributed by atoms with Crippen LogP contribution in [-0.2, 0) is 11.0 Å². The highest BCUT2D eigenvalue weighted by atomic mass is 28.4. The normalized spacial score (nSPS) is 11.8. The summed E-state index contributed by atoms with van der Waals surface area (Å²) in [6, 6.07) is 3.37. The Morgan fingerprint density at radius 2 is 1.92 bits per heavy atom. The second-order valence-electron chi connectivity index (χ2n) is 7.75. The van der Waals surface area contributed by atoms with Gasteiger partial charge in [-0.1, -0.05) is 20.8 Å². The lowest BCUT2D eigenvalue weighted by Gasteiger charge is -2.36. The molecule has 0 bridgehead atoms. The number of carbonyl (C=O) groups excluding carboxylic acids is 1. The van der Waals surface area contributed by atoms with Crippen molar-refractivity contribution in [1.82, 2.24) is 15.2 Å². The predicted molar refractivity (Wildman–Crippen MR) is 109 cm³/mol. The van der Waals surface area contributed by atoms with E-state index in [4.69, 9.17) is 10.2 Å². The SMILES string of the molecule is Cc1cc2cnn(CCO[Si](C)(C)C(C)(C)C)c2cc1N.NNC(N)=O. The Bertz CT molecular complexity index is 752. The first-order valence-electron chi connectivity index (χ1n) is 8.50. The van der Waals surface area contributed by atoms with Gasteiger partial charge in [0, 0.05) is 11.1 Å². The standard InChI is InChI=1S/C16H27N3OSi.CH5N3O/c1-12-9-13-11-18-19(15(13)10-14(12)17)7-8-20-21(5,6)16(2,3)4;2-1(5)4-3/h9-11H,7-8,17H2,1-6H3;3H2,(H3,2,4,5). The second kappa shape index (κ2) is 8.52. The van der Waals surface area contributed by atoms with Crippen LogP contribution in [0.15, 0.2) is 18.3 Å². The first-order chi connectivity index (χ1) is 11.9. The number of nitrogens with two attached hydrogens (primary N) is 3. The lowest BCUT2D eigenvalue weighted by Crippen LogP contribution is -2.41. The minimum atomic E-state index is -1.69. The number of hydrogen-bond acceptors (Lipinski definition) is 5. The van der Waals surface area contributed by atoms with Gasteiger partial charge in [-0.25, -0.2) is 10.6 Å². The van der Waals surface area contributed by atoms with Crippen LogP contribution < -0.4 is 22.7 Å². The van der Waals surface area contributed by atoms with Crippen molar-refractivity contribution in [2.75, 3.05) is 12.3 Å². The van der Waals surface area contributed by atoms with Crippen molar-refractivity contribution in [2.24, 2.45) is 11.6 Å². The van der Waals surface area contributed by atoms with E-state index in [1.165, 1.54) is 0 Å². The van der Waals surface area contributed by atoms with Gasteiger partial charge in [0.15, 0.2) is 8.32 Å². The van der Waals surface area contributed by atoms with Gasteiger partial charge >= 0.3 is 6.03 Å². The van der Waals surface area contributed by atoms with Gasteiger partial charge < -0.3 is 15.9 Å². The van der Waals surface area contributed by atoms with Gasteiger partial charge in [0.25, 0.3) is 0 Å². The summed E-state index contributed by atoms with van der Waals surface area (Å²) < 4.78 is 8.20. The maximum absolute atomic E-state index is 9.35. The molecule has 2 amide bonds. The van der Waals surface area contributed by atoms with E-state index in [2.05, 4.69) is 56.6 Å². The minimum absolute atomic E-state index is 0.237. The predicted octanol–water partition coefficient (Wildman–Crippen LogP) is 2.48. The molecule has 0 aliphatic rings. The number of benzene rings is 1. The van der Waals surface area contributed by atoms with Crippen molar-refractivity contribution in [1.29, 1.82) is 0 Å². The molecule has 26 heavy (non-hydrogen) atoms. The molecule has 0 radical (unpaired) electrons. The average molecular weight is 381 g/mol. The van der Waals surface area contributed by atoms with Crippen LogP contribution in [0.3, 0.4) is 0 Å². The Morgan fingerprint density at radius 1 is 1.35 bits per heavy atom. The third kappa shape index (κ3) is 5.72. The number of nitrogens with zero attached hydrogens (tertiary/aromatic N) is 2. The largest absolute Gasteiger partial charge is 0.415 e. The summed E-state index contributed by atoms with van der Waals surface area (Å²) >= 11 is 0. The number of rotatable bonds is 4. The zero-order chi connectivity index (χ0) is 20.1. The van der Waals surface area contributed by atoms with Gasteiger partial charge in [0.05, 0.1) is 24.9 Å². The minimum Gasteiger partial charge on any atom is -0.415 e. The summed E-state index contributed by atoms with van der Waals surface area (Å²) in [5.74, 6) is 4.45. The van der Waals surface area contributed by atoms with Gasteiger partial charge in [-0.3, -0.25) is 10.1 Å². The Kier molecular flexibility index (Phi) is 7.19. The number of nitrogens with one attached hydrogen (secondary N) is 1. The van der Waals surface area contributed by atoms with Crippen molar-refractivity contribution in [3.05, 3.63) is 23.9 Å². The molecule has 8 nitrogen and oxygen atoms in total. The summed E-state index contributed by atoms with van der Waals surface area (Å²) in [7, 11) is -1.69. The van der Waals surface area contributed by atoms with Crippen LogP contribution in [0.2, 0.25) is 18.1 Å². The molecule has 1 heterocycles. The molecule has 0 atom stereocenters. The van der Waals surface area contributed by atoms with Crippen molar-refractivity contribution in [3.63, 3.8) is 0 Å². The lowest BCUT2D eigenvalue weighted by molar-refractivity contribution is 0.249. The van der Waals surface area contributed by atoms with Crippen molar-refractivity contribution in [3.8, 4) is 0 Å². The van der Waals surface area contributed by atoms with Crippen LogP contribution in [0, 0.1) is 6.92 Å². The third-order valence-corrected chi connectivity index (χ3v) is 9.28. The molecule has 9 heteroatoms. The van der Waals surface area contributed by atoms with E-state index >= 15 is 0 Å². The average Bonchev–Trinajstić information content (AvgIpc) is 2.89. The fourth-order valence-corrected chi connectivity index (χ4v) is 3.07. The Labute approximate surface area is 156 Å². The molecule has 2 aromatic rings. The number of nitrogen functional groups attached to an aromatic ring is 1. The molecule has 2 rings (SSSR count). The molecule has 1 aromatic heterocycles. The number of aromatic nitrogens is 2. The number of carbonyl (C=O) groups is 1. The highest BCUT2D eigenvalue weighted by Crippen LogP contribution is 2.36. The molecule has 0 aliphatic carbocycles. The Hall–Kier alpha value is -2.10. The van der Waals surface area contributed by atoms with Crippen molar-refractivity contribution < 1.29 is 9.22 Å². The van der Waals surface area contributed by atoms with Crippen LogP contribution in [0.5, 0.6) is 0 Å². The molecule has 1 aromatic carbocycles. The van der Waals surface area contributed by atoms with E-state index in [9.17, 15) is 4.79 Å². The quantitative estimate of drug-likeness (QED) is 0.212. The smallest absolute Gasteiger partial charge is 0.326 e. The first kappa shape index (κ1) is 21.9. The number of anilines is 1. The molecule has 0 saturated carbocycles. The van der Waals surface area contributed by atoms with Crippen LogP contribution >= 0.6 is 0 Å². The monoisotopic (exact) mass is 380 g/mol. The van der Waals surface area contributed by atoms with Gasteiger partial charge in [0.2, 0.25) is 0 Å². The molecular formula is C17H32N6O2Si. The fraction of sp³-hybridized carbons (Fsp3) is 0.529. The Balaban J connectivity index is 0.000000597. The van der Waals surface area contributed by atoms with Gasteiger partial charge in [-0.05, 0) is 42.8 Å². The lowest BCUT2D eigenvalue weighted by atomic mass is 10.1. The van der Waals surface area contributed by atoms with E-state index in [0.717, 1.165) is 28.7 Å². The molecule has 7 N–H and O–H groups in total. The number of amides is 2. The van der Waals surface area contributed by atoms with E-state index in [-0.39, 0.29) is 5.04 Å². The van der Waals surface area contributed by atoms with Gasteiger partial charge in [-0.15, -0.1) is 0 Å². The number of primary amides is 1. The maximum atomic E-state index is 9.35. The second-order valence-corrected chi connectivity index (χ2v) is 12.6. The maximum Gasteiger partial charge on any atom is 0.326 e. The number of hydrazine groups is 1. The van der Waals surface area contributed by atoms with Gasteiger partial charge in [-0.2, -0.15) is 5.10 Å². The van der Waals surface area contributed by atoms with Crippen molar-refractivity contribution in [2.45, 2.75) is 52.4 Å². The highest BCUT2D eigenvalue weighted by Gasteiger charge is 2.36. The molecule has 0 spiro atoms. The van der Waals surface area contributed by atoms with Crippen LogP contribution in [0.25, 0.3) is 10.9 Å². The molecule has 0 aliphatic heterocycles. The highest BCUT2D eigenvalue weighted by molar-refractivity contribution is 6.74. The molecule has 0 fully saturated rings. The topological polar surface area (TPSA) is 134 Å². The van der Waals surface area contributed by atoms with Crippen LogP contribution in [0.1, 0.15) is 26.3 Å². The van der Waals surface area contributed by atoms with Gasteiger partial charge in [0.1, 0.15) is 0 Å². The van der Waals surface area contributed by atoms with E-state index in [1.807, 2.05) is 23.9 Å². The van der Waals surface area contributed by atoms with E-state index in [0.29, 0.717) is 6.61 Å². The molecule has 0 unspecified atom stereocenters. The fourth-order valence-electron chi connectivity index (χ4n) is 2.04. The Morgan fingerprint density at radius 3 is 2.42 bits per heavy atom. The summed E-state index contributed by atoms with van der Waals surface area (Å²) in [5, 5.41) is 5.83. The summed E-state index contributed by atoms with van der Waals surface area (Å²) in [5.41, 5.74) is 15.1. The molecule has 146 valence electrons. The van der Waals surface area contributed by atoms with E-state index < -0.39 is 14.3 Å². The third-order valence-electron chi connectivity index (χ3n) is 4.74. The zero-order valence-electron chi connectivity index (χ0n) is 16.6. The number of hydrogen-bond donors (Lipinski definition) is 4. The van der Waals surface area contributed by atoms with E-state index in [1.54, 1.807) is 5.43 Å². The number of fused-ring (bicyclic) bond motifs is 1. The summed E-state index contributed by atoms with van der Waals surface area (Å²) in [4.78, 5) is 9.35. The first-order valence-corrected chi connectivity index (χ1v) is 11.4. The number of aryl methyl sites for hydroxylation is 1. The zero-order valence-corrected chi connectivity index (χ0v) is 17.6. The van der Waals surface area contributed by atoms with Crippen molar-refractivity contribution >= 4 is 30.9 Å². The van der Waals surface area contributed by atoms with Crippen LogP contribution in [0.4, 0.5) is 10.5 Å².